The van der Waals surface area contributed by atoms with E-state index in [2.05, 4.69) is 15.0 Å². The highest BCUT2D eigenvalue weighted by molar-refractivity contribution is 7.94. The second-order valence-electron chi connectivity index (χ2n) is 5.50. The third-order valence-corrected chi connectivity index (χ3v) is 6.41. The van der Waals surface area contributed by atoms with Crippen molar-refractivity contribution in [2.45, 2.75) is 10.6 Å². The van der Waals surface area contributed by atoms with Crippen molar-refractivity contribution in [3.8, 4) is 5.75 Å². The Balaban J connectivity index is 1.54. The van der Waals surface area contributed by atoms with Gasteiger partial charge in [0.25, 0.3) is 10.0 Å². The van der Waals surface area contributed by atoms with E-state index >= 15 is 0 Å². The molecule has 26 heavy (non-hydrogen) atoms. The van der Waals surface area contributed by atoms with Crippen LogP contribution in [-0.2, 0) is 16.4 Å². The van der Waals surface area contributed by atoms with Crippen LogP contribution in [0.1, 0.15) is 5.56 Å². The van der Waals surface area contributed by atoms with Gasteiger partial charge in [0.1, 0.15) is 15.8 Å². The zero-order chi connectivity index (χ0) is 18.4. The van der Waals surface area contributed by atoms with Crippen molar-refractivity contribution in [3.63, 3.8) is 0 Å². The Morgan fingerprint density at radius 3 is 2.73 bits per heavy atom. The summed E-state index contributed by atoms with van der Waals surface area (Å²) in [6, 6.07) is 14.6. The third kappa shape index (κ3) is 4.74. The highest BCUT2D eigenvalue weighted by Crippen LogP contribution is 2.20. The minimum atomic E-state index is -3.55. The number of ether oxygens (including phenoxy) is 1. The largest absolute Gasteiger partial charge is 0.497 e. The lowest BCUT2D eigenvalue weighted by molar-refractivity contribution is 0.414. The van der Waals surface area contributed by atoms with E-state index in [9.17, 15) is 8.42 Å². The molecule has 0 spiro atoms. The van der Waals surface area contributed by atoms with E-state index in [0.717, 1.165) is 17.7 Å². The van der Waals surface area contributed by atoms with E-state index in [0.29, 0.717) is 18.1 Å². The summed E-state index contributed by atoms with van der Waals surface area (Å²) in [5.41, 5.74) is 1.59. The van der Waals surface area contributed by atoms with Crippen molar-refractivity contribution >= 4 is 32.9 Å². The molecule has 0 atom stereocenters. The first-order chi connectivity index (χ1) is 12.6. The molecule has 8 heteroatoms. The molecule has 0 aliphatic rings. The molecule has 0 saturated carbocycles. The van der Waals surface area contributed by atoms with Gasteiger partial charge in [-0.25, -0.2) is 13.4 Å². The van der Waals surface area contributed by atoms with E-state index in [1.165, 1.54) is 17.5 Å². The summed E-state index contributed by atoms with van der Waals surface area (Å²) in [4.78, 5) is 4.25. The van der Waals surface area contributed by atoms with Gasteiger partial charge in [0, 0.05) is 6.54 Å². The first kappa shape index (κ1) is 18.2. The van der Waals surface area contributed by atoms with Crippen molar-refractivity contribution in [1.29, 1.82) is 0 Å². The molecule has 0 aliphatic carbocycles. The minimum absolute atomic E-state index is 0.276. The van der Waals surface area contributed by atoms with Crippen molar-refractivity contribution in [2.24, 2.45) is 0 Å². The van der Waals surface area contributed by atoms with Gasteiger partial charge >= 0.3 is 0 Å². The summed E-state index contributed by atoms with van der Waals surface area (Å²) < 4.78 is 32.4. The number of aromatic nitrogens is 1. The Hall–Kier alpha value is -2.58. The molecule has 3 rings (SSSR count). The molecule has 0 aliphatic heterocycles. The highest BCUT2D eigenvalue weighted by atomic mass is 32.2. The number of nitrogens with zero attached hydrogens (tertiary/aromatic N) is 1. The molecule has 136 valence electrons. The van der Waals surface area contributed by atoms with Gasteiger partial charge in [0.2, 0.25) is 0 Å². The lowest BCUT2D eigenvalue weighted by atomic mass is 10.1. The van der Waals surface area contributed by atoms with Crippen molar-refractivity contribution in [3.05, 3.63) is 65.7 Å². The Morgan fingerprint density at radius 1 is 1.15 bits per heavy atom. The van der Waals surface area contributed by atoms with Crippen molar-refractivity contribution in [2.75, 3.05) is 23.7 Å². The van der Waals surface area contributed by atoms with Gasteiger partial charge in [-0.3, -0.25) is 4.72 Å². The Labute approximate surface area is 156 Å². The smallest absolute Gasteiger partial charge is 0.271 e. The fourth-order valence-electron chi connectivity index (χ4n) is 2.34. The van der Waals surface area contributed by atoms with Crippen LogP contribution in [0.5, 0.6) is 5.75 Å². The first-order valence-corrected chi connectivity index (χ1v) is 10.3. The predicted molar refractivity (Wildman–Crippen MR) is 105 cm³/mol. The number of methoxy groups -OCH3 is 1. The lowest BCUT2D eigenvalue weighted by Crippen LogP contribution is -2.12. The maximum atomic E-state index is 12.2. The molecule has 1 aromatic carbocycles. The van der Waals surface area contributed by atoms with E-state index in [4.69, 9.17) is 4.74 Å². The average Bonchev–Trinajstić information content (AvgIpc) is 3.19. The van der Waals surface area contributed by atoms with Crippen molar-refractivity contribution < 1.29 is 13.2 Å². The van der Waals surface area contributed by atoms with Crippen LogP contribution < -0.4 is 14.8 Å². The maximum absolute atomic E-state index is 12.2. The molecule has 0 amide bonds. The Bertz CT molecular complexity index is 940. The number of pyridine rings is 1. The molecule has 2 heterocycles. The summed E-state index contributed by atoms with van der Waals surface area (Å²) in [5, 5.41) is 4.95. The number of benzene rings is 1. The highest BCUT2D eigenvalue weighted by Gasteiger charge is 2.15. The van der Waals surface area contributed by atoms with Crippen molar-refractivity contribution in [1.82, 2.24) is 4.98 Å². The van der Waals surface area contributed by atoms with Gasteiger partial charge < -0.3 is 10.1 Å². The summed E-state index contributed by atoms with van der Waals surface area (Å²) in [5.74, 6) is 1.52. The number of anilines is 2. The summed E-state index contributed by atoms with van der Waals surface area (Å²) in [7, 11) is -1.90. The van der Waals surface area contributed by atoms with E-state index in [-0.39, 0.29) is 4.21 Å². The SMILES string of the molecule is COc1cccc(CCNc2ccc(NS(=O)(=O)c3cccs3)cn2)c1. The number of sulfonamides is 1. The van der Waals surface area contributed by atoms with Crippen LogP contribution in [0.4, 0.5) is 11.5 Å². The molecular formula is C18H19N3O3S2. The maximum Gasteiger partial charge on any atom is 0.271 e. The van der Waals surface area contributed by atoms with Crippen LogP contribution in [0.2, 0.25) is 0 Å². The molecule has 2 aromatic heterocycles. The normalized spacial score (nSPS) is 11.1. The Kier molecular flexibility index (Phi) is 5.75. The van der Waals surface area contributed by atoms with E-state index in [1.54, 1.807) is 36.8 Å². The topological polar surface area (TPSA) is 80.3 Å². The first-order valence-electron chi connectivity index (χ1n) is 7.96. The molecule has 0 saturated heterocycles. The predicted octanol–water partition coefficient (Wildman–Crippen LogP) is 3.61. The van der Waals surface area contributed by atoms with Gasteiger partial charge in [0.05, 0.1) is 19.0 Å². The molecule has 0 radical (unpaired) electrons. The van der Waals surface area contributed by atoms with Crippen LogP contribution in [0, 0.1) is 0 Å². The van der Waals surface area contributed by atoms with Crippen LogP contribution >= 0.6 is 11.3 Å². The number of thiophene rings is 1. The molecule has 2 N–H and O–H groups in total. The zero-order valence-corrected chi connectivity index (χ0v) is 15.8. The molecule has 0 unspecified atom stereocenters. The van der Waals surface area contributed by atoms with Crippen LogP contribution in [0.25, 0.3) is 0 Å². The average molecular weight is 390 g/mol. The van der Waals surface area contributed by atoms with Gasteiger partial charge in [0.15, 0.2) is 0 Å². The molecular weight excluding hydrogens is 370 g/mol. The summed E-state index contributed by atoms with van der Waals surface area (Å²) in [6.45, 7) is 0.709. The van der Waals surface area contributed by atoms with Crippen LogP contribution in [0.3, 0.4) is 0 Å². The molecule has 3 aromatic rings. The number of rotatable bonds is 8. The summed E-state index contributed by atoms with van der Waals surface area (Å²) >= 11 is 1.17. The molecule has 0 bridgehead atoms. The van der Waals surface area contributed by atoms with Crippen LogP contribution in [-0.4, -0.2) is 27.1 Å². The molecule has 6 nitrogen and oxygen atoms in total. The second-order valence-corrected chi connectivity index (χ2v) is 8.35. The van der Waals surface area contributed by atoms with Gasteiger partial charge in [-0.05, 0) is 47.7 Å². The van der Waals surface area contributed by atoms with E-state index < -0.39 is 10.0 Å². The minimum Gasteiger partial charge on any atom is -0.497 e. The summed E-state index contributed by atoms with van der Waals surface area (Å²) in [6.07, 6.45) is 2.32. The third-order valence-electron chi connectivity index (χ3n) is 3.63. The van der Waals surface area contributed by atoms with Gasteiger partial charge in [-0.2, -0.15) is 0 Å². The van der Waals surface area contributed by atoms with Gasteiger partial charge in [-0.15, -0.1) is 11.3 Å². The van der Waals surface area contributed by atoms with Crippen LogP contribution in [0.15, 0.2) is 64.3 Å². The lowest BCUT2D eigenvalue weighted by Gasteiger charge is -2.09. The second kappa shape index (κ2) is 8.20. The van der Waals surface area contributed by atoms with E-state index in [1.807, 2.05) is 24.3 Å². The number of hydrogen-bond acceptors (Lipinski definition) is 6. The Morgan fingerprint density at radius 2 is 2.04 bits per heavy atom. The van der Waals surface area contributed by atoms with Gasteiger partial charge in [-0.1, -0.05) is 18.2 Å². The number of nitrogens with one attached hydrogen (secondary N) is 2. The molecule has 0 fully saturated rings. The quantitative estimate of drug-likeness (QED) is 0.615. The fourth-order valence-corrected chi connectivity index (χ4v) is 4.38. The monoisotopic (exact) mass is 389 g/mol. The number of hydrogen-bond donors (Lipinski definition) is 2. The zero-order valence-electron chi connectivity index (χ0n) is 14.2. The fraction of sp³-hybridized carbons (Fsp3) is 0.167. The standard InChI is InChI=1S/C18H19N3O3S2/c1-24-16-5-2-4-14(12-16)9-10-19-17-8-7-15(13-20-17)21-26(22,23)18-6-3-11-25-18/h2-8,11-13,21H,9-10H2,1H3,(H,19,20).